The first-order valence-electron chi connectivity index (χ1n) is 9.14. The zero-order valence-corrected chi connectivity index (χ0v) is 15.6. The molecule has 7 nitrogen and oxygen atoms in total. The molecule has 0 N–H and O–H groups in total. The number of amides is 1. The summed E-state index contributed by atoms with van der Waals surface area (Å²) < 4.78 is 16.7. The lowest BCUT2D eigenvalue weighted by atomic mass is 10.1. The van der Waals surface area contributed by atoms with Crippen LogP contribution in [0.4, 0.5) is 0 Å². The summed E-state index contributed by atoms with van der Waals surface area (Å²) >= 11 is 0. The molecule has 4 rings (SSSR count). The number of rotatable bonds is 6. The van der Waals surface area contributed by atoms with Gasteiger partial charge in [0.15, 0.2) is 6.61 Å². The van der Waals surface area contributed by atoms with E-state index in [1.807, 2.05) is 42.5 Å². The van der Waals surface area contributed by atoms with Crippen molar-refractivity contribution >= 4 is 16.7 Å². The normalized spacial score (nSPS) is 16.2. The Morgan fingerprint density at radius 2 is 1.89 bits per heavy atom. The highest BCUT2D eigenvalue weighted by molar-refractivity contribution is 5.84. The van der Waals surface area contributed by atoms with Crippen molar-refractivity contribution in [3.63, 3.8) is 0 Å². The molecule has 1 saturated heterocycles. The molecular weight excluding hydrogens is 358 g/mol. The van der Waals surface area contributed by atoms with Crippen molar-refractivity contribution < 1.29 is 19.0 Å². The first kappa shape index (κ1) is 18.0. The highest BCUT2D eigenvalue weighted by atomic mass is 16.5. The van der Waals surface area contributed by atoms with Crippen LogP contribution in [0.15, 0.2) is 54.9 Å². The Bertz CT molecular complexity index is 979. The van der Waals surface area contributed by atoms with Gasteiger partial charge >= 0.3 is 0 Å². The molecule has 7 heteroatoms. The predicted molar refractivity (Wildman–Crippen MR) is 104 cm³/mol. The molecule has 0 radical (unpaired) electrons. The van der Waals surface area contributed by atoms with E-state index in [0.29, 0.717) is 30.6 Å². The molecule has 1 fully saturated rings. The maximum absolute atomic E-state index is 12.5. The van der Waals surface area contributed by atoms with E-state index in [-0.39, 0.29) is 18.6 Å². The molecule has 0 aliphatic carbocycles. The molecular formula is C21H21N3O4. The van der Waals surface area contributed by atoms with Crippen LogP contribution in [0.5, 0.6) is 17.5 Å². The molecule has 1 aliphatic heterocycles. The molecule has 1 aromatic heterocycles. The molecule has 1 unspecified atom stereocenters. The second-order valence-electron chi connectivity index (χ2n) is 6.54. The van der Waals surface area contributed by atoms with E-state index >= 15 is 0 Å². The SMILES string of the molecule is COc1nccnc1OC1CCN(C(=O)COc2ccc3ccccc3c2)C1. The summed E-state index contributed by atoms with van der Waals surface area (Å²) in [6.45, 7) is 1.10. The van der Waals surface area contributed by atoms with Gasteiger partial charge in [0.1, 0.15) is 11.9 Å². The van der Waals surface area contributed by atoms with Crippen molar-refractivity contribution in [2.75, 3.05) is 26.8 Å². The number of carbonyl (C=O) groups excluding carboxylic acids is 1. The van der Waals surface area contributed by atoms with E-state index in [4.69, 9.17) is 14.2 Å². The van der Waals surface area contributed by atoms with Gasteiger partial charge in [-0.05, 0) is 22.9 Å². The van der Waals surface area contributed by atoms with Crippen LogP contribution >= 0.6 is 0 Å². The molecule has 1 aliphatic rings. The van der Waals surface area contributed by atoms with E-state index in [2.05, 4.69) is 9.97 Å². The van der Waals surface area contributed by atoms with Crippen LogP contribution in [0.25, 0.3) is 10.8 Å². The third kappa shape index (κ3) is 3.98. The fraction of sp³-hybridized carbons (Fsp3) is 0.286. The number of ether oxygens (including phenoxy) is 3. The van der Waals surface area contributed by atoms with E-state index in [1.165, 1.54) is 7.11 Å². The van der Waals surface area contributed by atoms with Crippen LogP contribution in [-0.2, 0) is 4.79 Å². The Hall–Kier alpha value is -3.35. The lowest BCUT2D eigenvalue weighted by Crippen LogP contribution is -2.34. The van der Waals surface area contributed by atoms with Crippen LogP contribution in [0.1, 0.15) is 6.42 Å². The van der Waals surface area contributed by atoms with Crippen LogP contribution in [-0.4, -0.2) is 53.7 Å². The van der Waals surface area contributed by atoms with Gasteiger partial charge in [0, 0.05) is 25.4 Å². The fourth-order valence-corrected chi connectivity index (χ4v) is 3.24. The van der Waals surface area contributed by atoms with Gasteiger partial charge in [0.25, 0.3) is 17.7 Å². The lowest BCUT2D eigenvalue weighted by Gasteiger charge is -2.17. The summed E-state index contributed by atoms with van der Waals surface area (Å²) in [5, 5.41) is 2.22. The highest BCUT2D eigenvalue weighted by Crippen LogP contribution is 2.24. The van der Waals surface area contributed by atoms with Crippen molar-refractivity contribution in [2.45, 2.75) is 12.5 Å². The molecule has 28 heavy (non-hydrogen) atoms. The highest BCUT2D eigenvalue weighted by Gasteiger charge is 2.29. The van der Waals surface area contributed by atoms with Gasteiger partial charge in [-0.15, -0.1) is 0 Å². The number of methoxy groups -OCH3 is 1. The van der Waals surface area contributed by atoms with Crippen LogP contribution < -0.4 is 14.2 Å². The minimum atomic E-state index is -0.143. The molecule has 0 spiro atoms. The van der Waals surface area contributed by atoms with Gasteiger partial charge < -0.3 is 19.1 Å². The number of hydrogen-bond donors (Lipinski definition) is 0. The molecule has 144 valence electrons. The summed E-state index contributed by atoms with van der Waals surface area (Å²) in [5.74, 6) is 1.30. The van der Waals surface area contributed by atoms with Crippen LogP contribution in [0.3, 0.4) is 0 Å². The van der Waals surface area contributed by atoms with Crippen molar-refractivity contribution in [2.24, 2.45) is 0 Å². The van der Waals surface area contributed by atoms with Crippen LogP contribution in [0.2, 0.25) is 0 Å². The Kier molecular flexibility index (Phi) is 5.23. The monoisotopic (exact) mass is 379 g/mol. The number of aromatic nitrogens is 2. The standard InChI is InChI=1S/C21H21N3O4/c1-26-20-21(23-10-9-22-20)28-18-8-11-24(13-18)19(25)14-27-17-7-6-15-4-2-3-5-16(15)12-17/h2-7,9-10,12,18H,8,11,13-14H2,1H3. The molecule has 1 amide bonds. The van der Waals surface area contributed by atoms with Crippen LogP contribution in [0, 0.1) is 0 Å². The van der Waals surface area contributed by atoms with E-state index in [0.717, 1.165) is 17.2 Å². The first-order valence-corrected chi connectivity index (χ1v) is 9.14. The molecule has 2 aromatic carbocycles. The van der Waals surface area contributed by atoms with E-state index < -0.39 is 0 Å². The average Bonchev–Trinajstić information content (AvgIpc) is 3.21. The molecule has 0 saturated carbocycles. The maximum atomic E-state index is 12.5. The number of carbonyl (C=O) groups is 1. The average molecular weight is 379 g/mol. The third-order valence-corrected chi connectivity index (χ3v) is 4.69. The second kappa shape index (κ2) is 8.12. The number of hydrogen-bond acceptors (Lipinski definition) is 6. The number of fused-ring (bicyclic) bond motifs is 1. The Labute approximate surface area is 162 Å². The minimum Gasteiger partial charge on any atom is -0.484 e. The van der Waals surface area contributed by atoms with E-state index in [1.54, 1.807) is 17.3 Å². The number of nitrogens with zero attached hydrogens (tertiary/aromatic N) is 3. The van der Waals surface area contributed by atoms with Crippen molar-refractivity contribution in [1.29, 1.82) is 0 Å². The quantitative estimate of drug-likeness (QED) is 0.656. The summed E-state index contributed by atoms with van der Waals surface area (Å²) in [5.41, 5.74) is 0. The Balaban J connectivity index is 1.31. The van der Waals surface area contributed by atoms with Gasteiger partial charge in [-0.1, -0.05) is 30.3 Å². The lowest BCUT2D eigenvalue weighted by molar-refractivity contribution is -0.132. The Morgan fingerprint density at radius 1 is 1.11 bits per heavy atom. The minimum absolute atomic E-state index is 0.000472. The van der Waals surface area contributed by atoms with Crippen molar-refractivity contribution in [3.8, 4) is 17.5 Å². The van der Waals surface area contributed by atoms with Crippen molar-refractivity contribution in [1.82, 2.24) is 14.9 Å². The second-order valence-corrected chi connectivity index (χ2v) is 6.54. The molecule has 0 bridgehead atoms. The summed E-state index contributed by atoms with van der Waals surface area (Å²) in [6.07, 6.45) is 3.67. The topological polar surface area (TPSA) is 73.8 Å². The molecule has 3 aromatic rings. The fourth-order valence-electron chi connectivity index (χ4n) is 3.24. The predicted octanol–water partition coefficient (Wildman–Crippen LogP) is 2.70. The van der Waals surface area contributed by atoms with Gasteiger partial charge in [-0.2, -0.15) is 0 Å². The van der Waals surface area contributed by atoms with E-state index in [9.17, 15) is 4.79 Å². The van der Waals surface area contributed by atoms with Crippen molar-refractivity contribution in [3.05, 3.63) is 54.9 Å². The summed E-state index contributed by atoms with van der Waals surface area (Å²) in [7, 11) is 1.52. The number of benzene rings is 2. The zero-order chi connectivity index (χ0) is 19.3. The number of likely N-dealkylation sites (tertiary alicyclic amines) is 1. The maximum Gasteiger partial charge on any atom is 0.278 e. The molecule has 2 heterocycles. The molecule has 1 atom stereocenters. The summed E-state index contributed by atoms with van der Waals surface area (Å²) in [6, 6.07) is 13.9. The first-order chi connectivity index (χ1) is 13.7. The van der Waals surface area contributed by atoms with Gasteiger partial charge in [0.05, 0.1) is 13.7 Å². The largest absolute Gasteiger partial charge is 0.484 e. The smallest absolute Gasteiger partial charge is 0.278 e. The van der Waals surface area contributed by atoms with Gasteiger partial charge in [0.2, 0.25) is 0 Å². The van der Waals surface area contributed by atoms with Gasteiger partial charge in [-0.3, -0.25) is 4.79 Å². The summed E-state index contributed by atoms with van der Waals surface area (Å²) in [4.78, 5) is 22.5. The van der Waals surface area contributed by atoms with Gasteiger partial charge in [-0.25, -0.2) is 9.97 Å². The zero-order valence-electron chi connectivity index (χ0n) is 15.6. The third-order valence-electron chi connectivity index (χ3n) is 4.69. The Morgan fingerprint density at radius 3 is 2.71 bits per heavy atom.